The molecule has 164 valence electrons. The Balaban J connectivity index is 1.76. The zero-order valence-corrected chi connectivity index (χ0v) is 17.3. The van der Waals surface area contributed by atoms with Crippen LogP contribution >= 0.6 is 0 Å². The maximum Gasteiger partial charge on any atom is 0.274 e. The van der Waals surface area contributed by atoms with Crippen LogP contribution in [-0.2, 0) is 16.1 Å². The Morgan fingerprint density at radius 3 is 2.58 bits per heavy atom. The number of carbonyl (C=O) groups excluding carboxylic acids is 2. The summed E-state index contributed by atoms with van der Waals surface area (Å²) in [6.45, 7) is 3.06. The summed E-state index contributed by atoms with van der Waals surface area (Å²) in [6.07, 6.45) is 1.19. The number of ether oxygens (including phenoxy) is 2. The Morgan fingerprint density at radius 1 is 1.19 bits per heavy atom. The standard InChI is InChI=1S/C23H25FN2O5/c1-23(7-9-30-10-8-23)22(28)26-13-17-18(24)11-16(21(27)25-29)12-20(17)31-14-19(26)15-5-3-2-4-6-15/h2-6,11-12,19,29H,7-10,13-14H2,1H3,(H,25,27). The monoisotopic (exact) mass is 428 g/mol. The Labute approximate surface area is 179 Å². The molecule has 1 saturated heterocycles. The van der Waals surface area contributed by atoms with Gasteiger partial charge in [0.25, 0.3) is 5.91 Å². The number of hydroxylamine groups is 1. The van der Waals surface area contributed by atoms with Gasteiger partial charge in [0.15, 0.2) is 0 Å². The van der Waals surface area contributed by atoms with Crippen LogP contribution in [0.3, 0.4) is 0 Å². The molecule has 2 aromatic carbocycles. The molecule has 2 aliphatic heterocycles. The summed E-state index contributed by atoms with van der Waals surface area (Å²) in [5.41, 5.74) is 1.92. The van der Waals surface area contributed by atoms with E-state index in [9.17, 15) is 9.59 Å². The van der Waals surface area contributed by atoms with Crippen LogP contribution in [0.15, 0.2) is 42.5 Å². The van der Waals surface area contributed by atoms with Crippen molar-refractivity contribution in [2.24, 2.45) is 5.41 Å². The van der Waals surface area contributed by atoms with Crippen molar-refractivity contribution >= 4 is 11.8 Å². The van der Waals surface area contributed by atoms with Crippen LogP contribution in [0.25, 0.3) is 0 Å². The van der Waals surface area contributed by atoms with Crippen molar-refractivity contribution in [3.63, 3.8) is 0 Å². The Hall–Kier alpha value is -2.97. The van der Waals surface area contributed by atoms with E-state index in [1.54, 1.807) is 4.90 Å². The van der Waals surface area contributed by atoms with Gasteiger partial charge in [-0.25, -0.2) is 9.87 Å². The average Bonchev–Trinajstić information content (AvgIpc) is 2.99. The molecule has 0 spiro atoms. The molecule has 1 unspecified atom stereocenters. The maximum absolute atomic E-state index is 15.0. The number of fused-ring (bicyclic) bond motifs is 1. The molecule has 2 amide bonds. The number of hydrogen-bond acceptors (Lipinski definition) is 5. The second-order valence-electron chi connectivity index (χ2n) is 8.22. The molecule has 1 fully saturated rings. The van der Waals surface area contributed by atoms with E-state index in [4.69, 9.17) is 14.7 Å². The summed E-state index contributed by atoms with van der Waals surface area (Å²) in [4.78, 5) is 27.2. The van der Waals surface area contributed by atoms with E-state index in [0.717, 1.165) is 11.6 Å². The fourth-order valence-corrected chi connectivity index (χ4v) is 4.18. The lowest BCUT2D eigenvalue weighted by atomic mass is 9.80. The number of carbonyl (C=O) groups is 2. The number of benzene rings is 2. The van der Waals surface area contributed by atoms with Crippen molar-refractivity contribution in [1.29, 1.82) is 0 Å². The number of nitrogens with zero attached hydrogens (tertiary/aromatic N) is 1. The smallest absolute Gasteiger partial charge is 0.274 e. The van der Waals surface area contributed by atoms with Crippen LogP contribution < -0.4 is 10.2 Å². The predicted octanol–water partition coefficient (Wildman–Crippen LogP) is 3.22. The second-order valence-corrected chi connectivity index (χ2v) is 8.22. The molecule has 0 saturated carbocycles. The first-order valence-electron chi connectivity index (χ1n) is 10.3. The summed E-state index contributed by atoms with van der Waals surface area (Å²) in [5.74, 6) is -1.39. The van der Waals surface area contributed by atoms with Crippen LogP contribution in [-0.4, -0.2) is 41.7 Å². The van der Waals surface area contributed by atoms with E-state index in [0.29, 0.717) is 26.1 Å². The first-order valence-corrected chi connectivity index (χ1v) is 10.3. The minimum absolute atomic E-state index is 0.0109. The molecule has 0 aromatic heterocycles. The highest BCUT2D eigenvalue weighted by molar-refractivity contribution is 5.94. The Morgan fingerprint density at radius 2 is 1.90 bits per heavy atom. The molecule has 8 heteroatoms. The maximum atomic E-state index is 15.0. The molecular formula is C23H25FN2O5. The zero-order valence-electron chi connectivity index (χ0n) is 17.3. The third kappa shape index (κ3) is 4.13. The van der Waals surface area contributed by atoms with Crippen molar-refractivity contribution < 1.29 is 28.7 Å². The van der Waals surface area contributed by atoms with Crippen molar-refractivity contribution in [2.45, 2.75) is 32.4 Å². The van der Waals surface area contributed by atoms with Gasteiger partial charge < -0.3 is 14.4 Å². The van der Waals surface area contributed by atoms with Crippen molar-refractivity contribution in [2.75, 3.05) is 19.8 Å². The average molecular weight is 428 g/mol. The zero-order chi connectivity index (χ0) is 22.0. The van der Waals surface area contributed by atoms with Gasteiger partial charge in [-0.3, -0.25) is 14.8 Å². The summed E-state index contributed by atoms with van der Waals surface area (Å²) in [6, 6.07) is 11.5. The van der Waals surface area contributed by atoms with E-state index in [-0.39, 0.29) is 35.9 Å². The molecule has 1 atom stereocenters. The normalized spacial score (nSPS) is 20.2. The second kappa shape index (κ2) is 8.64. The molecule has 0 bridgehead atoms. The molecular weight excluding hydrogens is 403 g/mol. The number of nitrogens with one attached hydrogen (secondary N) is 1. The largest absolute Gasteiger partial charge is 0.491 e. The third-order valence-electron chi connectivity index (χ3n) is 6.18. The molecule has 0 radical (unpaired) electrons. The lowest BCUT2D eigenvalue weighted by molar-refractivity contribution is -0.150. The van der Waals surface area contributed by atoms with Gasteiger partial charge in [0.05, 0.1) is 18.0 Å². The fraction of sp³-hybridized carbons (Fsp3) is 0.391. The van der Waals surface area contributed by atoms with Gasteiger partial charge in [0, 0.05) is 24.3 Å². The van der Waals surface area contributed by atoms with Gasteiger partial charge in [0.2, 0.25) is 5.91 Å². The van der Waals surface area contributed by atoms with Gasteiger partial charge in [-0.2, -0.15) is 0 Å². The summed E-state index contributed by atoms with van der Waals surface area (Å²) >= 11 is 0. The SMILES string of the molecule is CC1(C(=O)N2Cc3c(F)cc(C(=O)NO)cc3OCC2c2ccccc2)CCOCC1. The van der Waals surface area contributed by atoms with Gasteiger partial charge in [-0.05, 0) is 30.5 Å². The van der Waals surface area contributed by atoms with E-state index < -0.39 is 23.2 Å². The van der Waals surface area contributed by atoms with Crippen molar-refractivity contribution in [1.82, 2.24) is 10.4 Å². The van der Waals surface area contributed by atoms with E-state index in [2.05, 4.69) is 0 Å². The van der Waals surface area contributed by atoms with Gasteiger partial charge in [0.1, 0.15) is 18.2 Å². The van der Waals surface area contributed by atoms with Crippen LogP contribution in [0.2, 0.25) is 0 Å². The molecule has 31 heavy (non-hydrogen) atoms. The lowest BCUT2D eigenvalue weighted by Crippen LogP contribution is -2.47. The highest BCUT2D eigenvalue weighted by Gasteiger charge is 2.42. The topological polar surface area (TPSA) is 88.1 Å². The first-order chi connectivity index (χ1) is 14.9. The highest BCUT2D eigenvalue weighted by atomic mass is 19.1. The minimum Gasteiger partial charge on any atom is -0.491 e. The van der Waals surface area contributed by atoms with Crippen molar-refractivity contribution in [3.8, 4) is 5.75 Å². The van der Waals surface area contributed by atoms with Gasteiger partial charge in [-0.15, -0.1) is 0 Å². The summed E-state index contributed by atoms with van der Waals surface area (Å²) in [7, 11) is 0. The number of rotatable bonds is 3. The Kier molecular flexibility index (Phi) is 5.93. The first kappa shape index (κ1) is 21.3. The van der Waals surface area contributed by atoms with Gasteiger partial charge in [-0.1, -0.05) is 37.3 Å². The van der Waals surface area contributed by atoms with Crippen LogP contribution in [0.5, 0.6) is 5.75 Å². The minimum atomic E-state index is -0.836. The highest BCUT2D eigenvalue weighted by Crippen LogP contribution is 2.39. The quantitative estimate of drug-likeness (QED) is 0.579. The van der Waals surface area contributed by atoms with Crippen molar-refractivity contribution in [3.05, 3.63) is 65.0 Å². The van der Waals surface area contributed by atoms with Gasteiger partial charge >= 0.3 is 0 Å². The summed E-state index contributed by atoms with van der Waals surface area (Å²) in [5, 5.41) is 8.89. The lowest BCUT2D eigenvalue weighted by Gasteiger charge is -2.39. The molecule has 2 aliphatic rings. The molecule has 2 N–H and O–H groups in total. The van der Waals surface area contributed by atoms with E-state index in [1.807, 2.05) is 37.3 Å². The summed E-state index contributed by atoms with van der Waals surface area (Å²) < 4.78 is 26.4. The number of halogens is 1. The Bertz CT molecular complexity index is 975. The van der Waals surface area contributed by atoms with E-state index >= 15 is 4.39 Å². The van der Waals surface area contributed by atoms with E-state index in [1.165, 1.54) is 11.5 Å². The predicted molar refractivity (Wildman–Crippen MR) is 109 cm³/mol. The molecule has 0 aliphatic carbocycles. The molecule has 7 nitrogen and oxygen atoms in total. The van der Waals surface area contributed by atoms with Crippen LogP contribution in [0, 0.1) is 11.2 Å². The molecule has 2 aromatic rings. The fourth-order valence-electron chi connectivity index (χ4n) is 4.18. The number of hydrogen-bond donors (Lipinski definition) is 2. The molecule has 4 rings (SSSR count). The number of amides is 2. The third-order valence-corrected chi connectivity index (χ3v) is 6.18. The van der Waals surface area contributed by atoms with Crippen LogP contribution in [0.1, 0.15) is 47.3 Å². The molecule has 2 heterocycles. The van der Waals surface area contributed by atoms with Crippen LogP contribution in [0.4, 0.5) is 4.39 Å².